The molecule has 2 rings (SSSR count). The van der Waals surface area contributed by atoms with Crippen LogP contribution in [0.2, 0.25) is 0 Å². The molecular weight excluding hydrogens is 278 g/mol. The van der Waals surface area contributed by atoms with Crippen molar-refractivity contribution in [1.82, 2.24) is 10.6 Å². The van der Waals surface area contributed by atoms with Gasteiger partial charge in [-0.05, 0) is 43.2 Å². The molecule has 1 saturated carbocycles. The molecule has 0 unspecified atom stereocenters. The lowest BCUT2D eigenvalue weighted by Crippen LogP contribution is -2.46. The van der Waals surface area contributed by atoms with Gasteiger partial charge in [-0.3, -0.25) is 4.99 Å². The van der Waals surface area contributed by atoms with Crippen LogP contribution in [0.3, 0.4) is 0 Å². The van der Waals surface area contributed by atoms with Gasteiger partial charge >= 0.3 is 0 Å². The van der Waals surface area contributed by atoms with Crippen LogP contribution < -0.4 is 10.6 Å². The quantitative estimate of drug-likeness (QED) is 0.418. The maximum atomic E-state index is 5.56. The number of hydrogen-bond acceptors (Lipinski definition) is 3. The average molecular weight is 307 g/mol. The molecule has 5 nitrogen and oxygen atoms in total. The molecule has 0 amide bonds. The smallest absolute Gasteiger partial charge is 0.190 e. The van der Waals surface area contributed by atoms with Gasteiger partial charge < -0.3 is 19.8 Å². The normalized spacial score (nSPS) is 17.1. The fourth-order valence-corrected chi connectivity index (χ4v) is 2.77. The van der Waals surface area contributed by atoms with Gasteiger partial charge in [0.2, 0.25) is 0 Å². The van der Waals surface area contributed by atoms with Crippen molar-refractivity contribution in [3.05, 3.63) is 24.2 Å². The van der Waals surface area contributed by atoms with E-state index in [4.69, 9.17) is 9.15 Å². The van der Waals surface area contributed by atoms with Crippen LogP contribution >= 0.6 is 0 Å². The lowest BCUT2D eigenvalue weighted by atomic mass is 9.67. The lowest BCUT2D eigenvalue weighted by molar-refractivity contribution is 0.104. The Bertz CT molecular complexity index is 433. The minimum Gasteiger partial charge on any atom is -0.467 e. The van der Waals surface area contributed by atoms with E-state index in [1.165, 1.54) is 25.7 Å². The molecule has 1 aliphatic carbocycles. The van der Waals surface area contributed by atoms with Crippen molar-refractivity contribution in [2.45, 2.75) is 45.6 Å². The standard InChI is InChI=1S/C17H29N3O2/c1-3-17(8-5-9-17)14-20-16(18-2)19-10-6-11-21-13-15-7-4-12-22-15/h4,7,12H,3,5-6,8-11,13-14H2,1-2H3,(H2,18,19,20). The molecule has 0 saturated heterocycles. The third-order valence-corrected chi connectivity index (χ3v) is 4.60. The summed E-state index contributed by atoms with van der Waals surface area (Å²) in [5, 5.41) is 6.80. The maximum absolute atomic E-state index is 5.56. The zero-order valence-corrected chi connectivity index (χ0v) is 13.9. The number of rotatable bonds is 9. The first kappa shape index (κ1) is 16.9. The Morgan fingerprint density at radius 1 is 1.41 bits per heavy atom. The summed E-state index contributed by atoms with van der Waals surface area (Å²) in [6, 6.07) is 3.80. The summed E-state index contributed by atoms with van der Waals surface area (Å²) in [6.07, 6.45) is 7.91. The van der Waals surface area contributed by atoms with E-state index in [2.05, 4.69) is 22.5 Å². The second-order valence-electron chi connectivity index (χ2n) is 6.05. The maximum Gasteiger partial charge on any atom is 0.190 e. The molecule has 1 fully saturated rings. The molecule has 1 aliphatic rings. The van der Waals surface area contributed by atoms with Gasteiger partial charge in [0.1, 0.15) is 12.4 Å². The monoisotopic (exact) mass is 307 g/mol. The van der Waals surface area contributed by atoms with Crippen molar-refractivity contribution in [2.75, 3.05) is 26.7 Å². The first-order chi connectivity index (χ1) is 10.8. The molecule has 22 heavy (non-hydrogen) atoms. The van der Waals surface area contributed by atoms with Crippen molar-refractivity contribution in [3.63, 3.8) is 0 Å². The van der Waals surface area contributed by atoms with Gasteiger partial charge in [-0.1, -0.05) is 13.3 Å². The minimum absolute atomic E-state index is 0.504. The molecule has 5 heteroatoms. The van der Waals surface area contributed by atoms with Gasteiger partial charge in [0.05, 0.1) is 6.26 Å². The fraction of sp³-hybridized carbons (Fsp3) is 0.706. The van der Waals surface area contributed by atoms with Gasteiger partial charge in [-0.15, -0.1) is 0 Å². The van der Waals surface area contributed by atoms with E-state index in [1.54, 1.807) is 6.26 Å². The molecule has 0 aromatic carbocycles. The van der Waals surface area contributed by atoms with Crippen molar-refractivity contribution in [3.8, 4) is 0 Å². The van der Waals surface area contributed by atoms with Gasteiger partial charge in [0, 0.05) is 26.7 Å². The van der Waals surface area contributed by atoms with Crippen LogP contribution in [0.15, 0.2) is 27.8 Å². The summed E-state index contributed by atoms with van der Waals surface area (Å²) in [5.41, 5.74) is 0.504. The Hall–Kier alpha value is -1.49. The molecule has 124 valence electrons. The summed E-state index contributed by atoms with van der Waals surface area (Å²) in [4.78, 5) is 4.28. The van der Waals surface area contributed by atoms with Crippen LogP contribution in [0, 0.1) is 5.41 Å². The second-order valence-corrected chi connectivity index (χ2v) is 6.05. The Balaban J connectivity index is 1.52. The highest BCUT2D eigenvalue weighted by Gasteiger charge is 2.34. The first-order valence-electron chi connectivity index (χ1n) is 8.33. The Morgan fingerprint density at radius 3 is 2.86 bits per heavy atom. The van der Waals surface area contributed by atoms with Crippen LogP contribution in [0.1, 0.15) is 44.8 Å². The zero-order chi connectivity index (χ0) is 15.7. The number of nitrogens with zero attached hydrogens (tertiary/aromatic N) is 1. The van der Waals surface area contributed by atoms with Crippen LogP contribution in [0.5, 0.6) is 0 Å². The molecule has 1 heterocycles. The predicted octanol–water partition coefficient (Wildman–Crippen LogP) is 2.93. The fourth-order valence-electron chi connectivity index (χ4n) is 2.77. The Labute approximate surface area is 133 Å². The SMILES string of the molecule is CCC1(CNC(=NC)NCCCOCc2ccco2)CCC1. The molecule has 1 aromatic rings. The molecule has 2 N–H and O–H groups in total. The zero-order valence-electron chi connectivity index (χ0n) is 13.9. The lowest BCUT2D eigenvalue weighted by Gasteiger charge is -2.41. The highest BCUT2D eigenvalue weighted by atomic mass is 16.5. The number of furan rings is 1. The van der Waals surface area contributed by atoms with E-state index in [0.717, 1.165) is 31.2 Å². The molecule has 0 bridgehead atoms. The summed E-state index contributed by atoms with van der Waals surface area (Å²) >= 11 is 0. The number of ether oxygens (including phenoxy) is 1. The Morgan fingerprint density at radius 2 is 2.27 bits per heavy atom. The predicted molar refractivity (Wildman–Crippen MR) is 88.9 cm³/mol. The second kappa shape index (κ2) is 8.83. The average Bonchev–Trinajstić information content (AvgIpc) is 3.01. The topological polar surface area (TPSA) is 58.8 Å². The van der Waals surface area contributed by atoms with Gasteiger partial charge in [0.15, 0.2) is 5.96 Å². The third-order valence-electron chi connectivity index (χ3n) is 4.60. The van der Waals surface area contributed by atoms with Crippen molar-refractivity contribution < 1.29 is 9.15 Å². The van der Waals surface area contributed by atoms with Crippen LogP contribution in [-0.4, -0.2) is 32.7 Å². The number of hydrogen-bond donors (Lipinski definition) is 2. The van der Waals surface area contributed by atoms with E-state index in [-0.39, 0.29) is 0 Å². The van der Waals surface area contributed by atoms with Crippen molar-refractivity contribution in [1.29, 1.82) is 0 Å². The van der Waals surface area contributed by atoms with E-state index in [1.807, 2.05) is 19.2 Å². The van der Waals surface area contributed by atoms with E-state index >= 15 is 0 Å². The number of aliphatic imine (C=N–C) groups is 1. The molecule has 0 aliphatic heterocycles. The van der Waals surface area contributed by atoms with Gasteiger partial charge in [-0.2, -0.15) is 0 Å². The molecule has 1 aromatic heterocycles. The van der Waals surface area contributed by atoms with Crippen LogP contribution in [-0.2, 0) is 11.3 Å². The van der Waals surface area contributed by atoms with Crippen molar-refractivity contribution in [2.24, 2.45) is 10.4 Å². The number of guanidine groups is 1. The van der Waals surface area contributed by atoms with Crippen molar-refractivity contribution >= 4 is 5.96 Å². The first-order valence-corrected chi connectivity index (χ1v) is 8.33. The van der Waals surface area contributed by atoms with E-state index in [0.29, 0.717) is 18.6 Å². The Kier molecular flexibility index (Phi) is 6.77. The van der Waals surface area contributed by atoms with Gasteiger partial charge in [0.25, 0.3) is 0 Å². The highest BCUT2D eigenvalue weighted by Crippen LogP contribution is 2.42. The molecular formula is C17H29N3O2. The summed E-state index contributed by atoms with van der Waals surface area (Å²) in [5.74, 6) is 1.77. The van der Waals surface area contributed by atoms with Crippen LogP contribution in [0.25, 0.3) is 0 Å². The third kappa shape index (κ3) is 5.05. The summed E-state index contributed by atoms with van der Waals surface area (Å²) in [6.45, 7) is 5.42. The highest BCUT2D eigenvalue weighted by molar-refractivity contribution is 5.79. The summed E-state index contributed by atoms with van der Waals surface area (Å²) in [7, 11) is 1.82. The minimum atomic E-state index is 0.504. The van der Waals surface area contributed by atoms with E-state index < -0.39 is 0 Å². The summed E-state index contributed by atoms with van der Waals surface area (Å²) < 4.78 is 10.8. The van der Waals surface area contributed by atoms with Crippen LogP contribution in [0.4, 0.5) is 0 Å². The molecule has 0 radical (unpaired) electrons. The van der Waals surface area contributed by atoms with E-state index in [9.17, 15) is 0 Å². The van der Waals surface area contributed by atoms with Gasteiger partial charge in [-0.25, -0.2) is 0 Å². The number of nitrogens with one attached hydrogen (secondary N) is 2. The molecule has 0 spiro atoms. The molecule has 0 atom stereocenters. The largest absolute Gasteiger partial charge is 0.467 e.